The van der Waals surface area contributed by atoms with Crippen molar-refractivity contribution in [1.29, 1.82) is 0 Å². The largest absolute Gasteiger partial charge is 0.504 e. The molecule has 2 aromatic rings. The molecule has 1 N–H and O–H groups in total. The second-order valence-corrected chi connectivity index (χ2v) is 6.55. The number of hydrogen-bond donors (Lipinski definition) is 1. The van der Waals surface area contributed by atoms with E-state index in [0.29, 0.717) is 23.5 Å². The zero-order valence-electron chi connectivity index (χ0n) is 13.9. The number of phenolic OH excluding ortho intramolecular Hbond substituents is 1. The first-order valence-electron chi connectivity index (χ1n) is 7.93. The molecule has 2 aromatic carbocycles. The average Bonchev–Trinajstić information content (AvgIpc) is 2.87. The van der Waals surface area contributed by atoms with Crippen LogP contribution in [0.5, 0.6) is 11.5 Å². The van der Waals surface area contributed by atoms with Crippen LogP contribution in [0.4, 0.5) is 9.18 Å². The molecule has 1 aliphatic rings. The van der Waals surface area contributed by atoms with Crippen molar-refractivity contribution in [3.05, 3.63) is 64.3 Å². The van der Waals surface area contributed by atoms with E-state index in [1.807, 2.05) is 0 Å². The average molecular weight is 373 g/mol. The molecule has 5 nitrogen and oxygen atoms in total. The summed E-state index contributed by atoms with van der Waals surface area (Å²) >= 11 is 0.844. The van der Waals surface area contributed by atoms with Crippen LogP contribution in [-0.2, 0) is 11.3 Å². The topological polar surface area (TPSA) is 66.8 Å². The minimum atomic E-state index is -0.407. The second-order valence-electron chi connectivity index (χ2n) is 5.55. The molecule has 0 unspecified atom stereocenters. The van der Waals surface area contributed by atoms with Crippen LogP contribution in [0.2, 0.25) is 0 Å². The Kier molecular flexibility index (Phi) is 5.27. The highest BCUT2D eigenvalue weighted by Gasteiger charge is 2.35. The fraction of sp³-hybridized carbons (Fsp3) is 0.158. The van der Waals surface area contributed by atoms with Gasteiger partial charge in [0.25, 0.3) is 11.1 Å². The molecule has 0 radical (unpaired) electrons. The monoisotopic (exact) mass is 373 g/mol. The van der Waals surface area contributed by atoms with Crippen LogP contribution in [0, 0.1) is 5.82 Å². The third kappa shape index (κ3) is 3.88. The maximum absolute atomic E-state index is 13.0. The molecule has 134 valence electrons. The smallest absolute Gasteiger partial charge is 0.293 e. The number of nitrogens with zero attached hydrogens (tertiary/aromatic N) is 1. The molecule has 3 rings (SSSR count). The summed E-state index contributed by atoms with van der Waals surface area (Å²) < 4.78 is 18.3. The number of rotatable bonds is 5. The molecule has 7 heteroatoms. The normalized spacial score (nSPS) is 15.8. The van der Waals surface area contributed by atoms with E-state index in [2.05, 4.69) is 0 Å². The molecule has 1 fully saturated rings. The summed E-state index contributed by atoms with van der Waals surface area (Å²) in [4.78, 5) is 26.1. The van der Waals surface area contributed by atoms with Gasteiger partial charge in [-0.15, -0.1) is 0 Å². The van der Waals surface area contributed by atoms with Gasteiger partial charge in [0.2, 0.25) is 0 Å². The van der Waals surface area contributed by atoms with Crippen LogP contribution in [0.15, 0.2) is 47.4 Å². The lowest BCUT2D eigenvalue weighted by Crippen LogP contribution is -2.27. The highest BCUT2D eigenvalue weighted by atomic mass is 32.2. The lowest BCUT2D eigenvalue weighted by atomic mass is 10.1. The fourth-order valence-electron chi connectivity index (χ4n) is 2.45. The third-order valence-electron chi connectivity index (χ3n) is 3.71. The van der Waals surface area contributed by atoms with Crippen molar-refractivity contribution in [3.63, 3.8) is 0 Å². The van der Waals surface area contributed by atoms with Crippen molar-refractivity contribution in [1.82, 2.24) is 4.90 Å². The van der Waals surface area contributed by atoms with Crippen molar-refractivity contribution in [2.45, 2.75) is 13.5 Å². The number of halogens is 1. The molecule has 0 aromatic heterocycles. The Balaban J connectivity index is 1.80. The first-order chi connectivity index (χ1) is 12.5. The van der Waals surface area contributed by atoms with Crippen molar-refractivity contribution >= 4 is 29.0 Å². The van der Waals surface area contributed by atoms with Gasteiger partial charge in [0.05, 0.1) is 18.1 Å². The van der Waals surface area contributed by atoms with Crippen LogP contribution in [-0.4, -0.2) is 27.8 Å². The summed E-state index contributed by atoms with van der Waals surface area (Å²) in [6.45, 7) is 2.28. The maximum atomic E-state index is 13.0. The minimum Gasteiger partial charge on any atom is -0.504 e. The molecule has 2 amide bonds. The summed E-state index contributed by atoms with van der Waals surface area (Å²) in [6, 6.07) is 10.4. The SMILES string of the molecule is CCOc1cc(C=C2SC(=O)N(Cc3ccc(F)cc3)C2=O)ccc1O. The van der Waals surface area contributed by atoms with Gasteiger partial charge in [-0.05, 0) is 60.2 Å². The quantitative estimate of drug-likeness (QED) is 0.797. The highest BCUT2D eigenvalue weighted by molar-refractivity contribution is 8.18. The third-order valence-corrected chi connectivity index (χ3v) is 4.62. The second kappa shape index (κ2) is 7.61. The number of imide groups is 1. The van der Waals surface area contributed by atoms with Gasteiger partial charge in [-0.2, -0.15) is 0 Å². The van der Waals surface area contributed by atoms with Crippen molar-refractivity contribution in [3.8, 4) is 11.5 Å². The number of thioether (sulfide) groups is 1. The number of benzene rings is 2. The standard InChI is InChI=1S/C19H16FNO4S/c1-2-25-16-9-13(5-8-15(16)22)10-17-18(23)21(19(24)26-17)11-12-3-6-14(20)7-4-12/h3-10,22H,2,11H2,1H3. The highest BCUT2D eigenvalue weighted by Crippen LogP contribution is 2.35. The van der Waals surface area contributed by atoms with Crippen molar-refractivity contribution in [2.24, 2.45) is 0 Å². The Morgan fingerprint density at radius 3 is 2.62 bits per heavy atom. The number of carbonyl (C=O) groups is 2. The van der Waals surface area contributed by atoms with E-state index in [-0.39, 0.29) is 28.3 Å². The van der Waals surface area contributed by atoms with Gasteiger partial charge in [0, 0.05) is 0 Å². The Morgan fingerprint density at radius 1 is 1.19 bits per heavy atom. The number of hydrogen-bond acceptors (Lipinski definition) is 5. The lowest BCUT2D eigenvalue weighted by molar-refractivity contribution is -0.123. The van der Waals surface area contributed by atoms with E-state index in [0.717, 1.165) is 16.7 Å². The Morgan fingerprint density at radius 2 is 1.92 bits per heavy atom. The van der Waals surface area contributed by atoms with E-state index in [1.54, 1.807) is 25.1 Å². The Hall–Kier alpha value is -2.80. The lowest BCUT2D eigenvalue weighted by Gasteiger charge is -2.12. The van der Waals surface area contributed by atoms with Crippen LogP contribution in [0.1, 0.15) is 18.1 Å². The van der Waals surface area contributed by atoms with Crippen LogP contribution in [0.25, 0.3) is 6.08 Å². The molecule has 0 aliphatic carbocycles. The Labute approximate surface area is 154 Å². The fourth-order valence-corrected chi connectivity index (χ4v) is 3.29. The predicted molar refractivity (Wildman–Crippen MR) is 97.2 cm³/mol. The van der Waals surface area contributed by atoms with E-state index < -0.39 is 5.91 Å². The van der Waals surface area contributed by atoms with E-state index in [1.165, 1.54) is 30.3 Å². The summed E-state index contributed by atoms with van der Waals surface area (Å²) in [5.74, 6) is -0.462. The number of ether oxygens (including phenoxy) is 1. The van der Waals surface area contributed by atoms with Gasteiger partial charge in [-0.1, -0.05) is 18.2 Å². The minimum absolute atomic E-state index is 0.00779. The van der Waals surface area contributed by atoms with Gasteiger partial charge in [-0.3, -0.25) is 14.5 Å². The number of phenols is 1. The van der Waals surface area contributed by atoms with E-state index in [9.17, 15) is 19.1 Å². The number of carbonyl (C=O) groups excluding carboxylic acids is 2. The van der Waals surface area contributed by atoms with Gasteiger partial charge < -0.3 is 9.84 Å². The van der Waals surface area contributed by atoms with Gasteiger partial charge in [-0.25, -0.2) is 4.39 Å². The molecule has 26 heavy (non-hydrogen) atoms. The summed E-state index contributed by atoms with van der Waals surface area (Å²) in [7, 11) is 0. The van der Waals surface area contributed by atoms with Crippen molar-refractivity contribution < 1.29 is 23.8 Å². The number of amides is 2. The van der Waals surface area contributed by atoms with Crippen LogP contribution < -0.4 is 4.74 Å². The molecular formula is C19H16FNO4S. The Bertz CT molecular complexity index is 880. The first-order valence-corrected chi connectivity index (χ1v) is 8.75. The molecule has 0 atom stereocenters. The van der Waals surface area contributed by atoms with Gasteiger partial charge in [0.15, 0.2) is 11.5 Å². The summed E-state index contributed by atoms with van der Waals surface area (Å²) in [6.07, 6.45) is 1.58. The zero-order chi connectivity index (χ0) is 18.7. The van der Waals surface area contributed by atoms with Crippen LogP contribution >= 0.6 is 11.8 Å². The van der Waals surface area contributed by atoms with Crippen LogP contribution in [0.3, 0.4) is 0 Å². The van der Waals surface area contributed by atoms with E-state index >= 15 is 0 Å². The van der Waals surface area contributed by atoms with E-state index in [4.69, 9.17) is 4.74 Å². The molecule has 1 saturated heterocycles. The molecule has 0 spiro atoms. The zero-order valence-corrected chi connectivity index (χ0v) is 14.8. The molecular weight excluding hydrogens is 357 g/mol. The summed E-state index contributed by atoms with van der Waals surface area (Å²) in [5, 5.41) is 9.36. The molecule has 1 aliphatic heterocycles. The van der Waals surface area contributed by atoms with Gasteiger partial charge >= 0.3 is 0 Å². The predicted octanol–water partition coefficient (Wildman–Crippen LogP) is 4.17. The molecule has 1 heterocycles. The summed E-state index contributed by atoms with van der Waals surface area (Å²) in [5.41, 5.74) is 1.30. The maximum Gasteiger partial charge on any atom is 0.293 e. The molecule has 0 saturated carbocycles. The number of aromatic hydroxyl groups is 1. The first kappa shape index (κ1) is 18.0. The van der Waals surface area contributed by atoms with Crippen molar-refractivity contribution in [2.75, 3.05) is 6.61 Å². The van der Waals surface area contributed by atoms with Gasteiger partial charge in [0.1, 0.15) is 5.82 Å². The molecule has 0 bridgehead atoms.